The van der Waals surface area contributed by atoms with Crippen molar-refractivity contribution in [2.24, 2.45) is 7.05 Å². The Balaban J connectivity index is 1.45. The van der Waals surface area contributed by atoms with E-state index in [0.29, 0.717) is 6.42 Å². The van der Waals surface area contributed by atoms with Crippen LogP contribution in [-0.2, 0) is 20.0 Å². The zero-order valence-electron chi connectivity index (χ0n) is 16.2. The first-order valence-electron chi connectivity index (χ1n) is 9.48. The highest BCUT2D eigenvalue weighted by Gasteiger charge is 2.12. The van der Waals surface area contributed by atoms with Crippen molar-refractivity contribution in [3.05, 3.63) is 59.3 Å². The molecule has 9 heteroatoms. The molecule has 8 nitrogen and oxygen atoms in total. The molecule has 0 atom stereocenters. The van der Waals surface area contributed by atoms with Crippen LogP contribution in [0.4, 0.5) is 0 Å². The number of hydrogen-bond donors (Lipinski definition) is 1. The summed E-state index contributed by atoms with van der Waals surface area (Å²) in [4.78, 5) is 5.43. The molecule has 5 rings (SSSR count). The maximum Gasteiger partial charge on any atom is 0.234 e. The molecule has 0 aliphatic rings. The van der Waals surface area contributed by atoms with Crippen LogP contribution in [0.5, 0.6) is 0 Å². The van der Waals surface area contributed by atoms with Gasteiger partial charge in [-0.25, -0.2) is 0 Å². The highest BCUT2D eigenvalue weighted by Crippen LogP contribution is 2.24. The molecule has 0 radical (unpaired) electrons. The molecule has 0 aliphatic carbocycles. The lowest BCUT2D eigenvalue weighted by molar-refractivity contribution is 0.703. The molecule has 0 aliphatic heterocycles. The molecule has 0 saturated carbocycles. The molecule has 4 aromatic heterocycles. The Labute approximate surface area is 171 Å². The molecular weight excluding hydrogens is 384 g/mol. The van der Waals surface area contributed by atoms with Crippen molar-refractivity contribution in [1.29, 1.82) is 0 Å². The summed E-state index contributed by atoms with van der Waals surface area (Å²) in [6, 6.07) is 8.45. The van der Waals surface area contributed by atoms with Crippen LogP contribution in [0.1, 0.15) is 23.3 Å². The fourth-order valence-electron chi connectivity index (χ4n) is 3.31. The molecule has 0 amide bonds. The van der Waals surface area contributed by atoms with E-state index >= 15 is 0 Å². The average molecular weight is 405 g/mol. The Morgan fingerprint density at radius 2 is 2.03 bits per heavy atom. The predicted octanol–water partition coefficient (Wildman–Crippen LogP) is 2.83. The van der Waals surface area contributed by atoms with Crippen molar-refractivity contribution in [2.45, 2.75) is 19.9 Å². The fraction of sp³-hybridized carbons (Fsp3) is 0.250. The molecule has 4 heterocycles. The average Bonchev–Trinajstić information content (AvgIpc) is 3.43. The third kappa shape index (κ3) is 3.50. The van der Waals surface area contributed by atoms with Gasteiger partial charge in [0.1, 0.15) is 5.01 Å². The number of benzene rings is 1. The maximum atomic E-state index is 4.65. The number of fused-ring (bicyclic) bond motifs is 2. The highest BCUT2D eigenvalue weighted by atomic mass is 32.1. The topological polar surface area (TPSA) is 85.8 Å². The third-order valence-corrected chi connectivity index (χ3v) is 5.67. The van der Waals surface area contributed by atoms with Gasteiger partial charge in [-0.15, -0.1) is 10.2 Å². The second-order valence-corrected chi connectivity index (χ2v) is 7.96. The van der Waals surface area contributed by atoms with Gasteiger partial charge in [-0.05, 0) is 30.3 Å². The van der Waals surface area contributed by atoms with Gasteiger partial charge in [-0.2, -0.15) is 14.7 Å². The van der Waals surface area contributed by atoms with Crippen LogP contribution in [0.3, 0.4) is 0 Å². The number of nitrogens with zero attached hydrogens (tertiary/aromatic N) is 7. The lowest BCUT2D eigenvalue weighted by atomic mass is 10.0. The van der Waals surface area contributed by atoms with Gasteiger partial charge < -0.3 is 5.32 Å². The number of rotatable bonds is 6. The summed E-state index contributed by atoms with van der Waals surface area (Å²) < 4.78 is 3.65. The summed E-state index contributed by atoms with van der Waals surface area (Å²) in [5.41, 5.74) is 4.23. The van der Waals surface area contributed by atoms with Gasteiger partial charge in [-0.1, -0.05) is 24.3 Å². The van der Waals surface area contributed by atoms with Crippen LogP contribution in [0.2, 0.25) is 0 Å². The van der Waals surface area contributed by atoms with Crippen molar-refractivity contribution < 1.29 is 0 Å². The zero-order valence-corrected chi connectivity index (χ0v) is 17.0. The minimum Gasteiger partial charge on any atom is -0.311 e. The first-order valence-corrected chi connectivity index (χ1v) is 10.3. The van der Waals surface area contributed by atoms with Crippen LogP contribution in [-0.4, -0.2) is 41.1 Å². The molecule has 5 aromatic rings. The van der Waals surface area contributed by atoms with Gasteiger partial charge in [-0.3, -0.25) is 9.67 Å². The number of aryl methyl sites for hydroxylation is 1. The van der Waals surface area contributed by atoms with Crippen LogP contribution < -0.4 is 5.32 Å². The van der Waals surface area contributed by atoms with E-state index < -0.39 is 0 Å². The predicted molar refractivity (Wildman–Crippen MR) is 113 cm³/mol. The van der Waals surface area contributed by atoms with Crippen molar-refractivity contribution in [1.82, 2.24) is 39.9 Å². The summed E-state index contributed by atoms with van der Waals surface area (Å²) in [5.74, 6) is 0.842. The Kier molecular flexibility index (Phi) is 4.53. The standard InChI is InChI=1S/C20H20N8S/c1-3-21-11-19-26-28-18(24-25-20(28)29-19)7-13-4-5-17-14(6-13)8-15(9-22-17)16-10-23-27(2)12-16/h4-6,8-10,12,21H,3,7,11H2,1-2H3. The Hall–Kier alpha value is -3.17. The van der Waals surface area contributed by atoms with Crippen LogP contribution >= 0.6 is 11.3 Å². The summed E-state index contributed by atoms with van der Waals surface area (Å²) in [6.07, 6.45) is 6.40. The lowest BCUT2D eigenvalue weighted by Gasteiger charge is -2.04. The van der Waals surface area contributed by atoms with E-state index in [4.69, 9.17) is 0 Å². The van der Waals surface area contributed by atoms with Gasteiger partial charge >= 0.3 is 0 Å². The molecule has 1 N–H and O–H groups in total. The first-order chi connectivity index (χ1) is 14.2. The molecule has 146 valence electrons. The van der Waals surface area contributed by atoms with Crippen LogP contribution in [0.25, 0.3) is 27.0 Å². The van der Waals surface area contributed by atoms with E-state index in [1.54, 1.807) is 16.0 Å². The number of hydrogen-bond acceptors (Lipinski definition) is 7. The second kappa shape index (κ2) is 7.34. The largest absolute Gasteiger partial charge is 0.311 e. The monoisotopic (exact) mass is 404 g/mol. The quantitative estimate of drug-likeness (QED) is 0.468. The maximum absolute atomic E-state index is 4.65. The smallest absolute Gasteiger partial charge is 0.234 e. The Bertz CT molecular complexity index is 1300. The lowest BCUT2D eigenvalue weighted by Crippen LogP contribution is -2.11. The Morgan fingerprint density at radius 3 is 2.86 bits per heavy atom. The fourth-order valence-corrected chi connectivity index (χ4v) is 4.13. The van der Waals surface area contributed by atoms with Gasteiger partial charge in [0.15, 0.2) is 5.82 Å². The molecule has 1 aromatic carbocycles. The van der Waals surface area contributed by atoms with E-state index in [9.17, 15) is 0 Å². The minimum atomic E-state index is 0.665. The van der Waals surface area contributed by atoms with E-state index in [0.717, 1.165) is 56.5 Å². The summed E-state index contributed by atoms with van der Waals surface area (Å²) in [6.45, 7) is 3.75. The van der Waals surface area contributed by atoms with Gasteiger partial charge in [0.2, 0.25) is 4.96 Å². The van der Waals surface area contributed by atoms with E-state index in [2.05, 4.69) is 55.8 Å². The summed E-state index contributed by atoms with van der Waals surface area (Å²) in [5, 5.41) is 22.9. The van der Waals surface area contributed by atoms with Crippen molar-refractivity contribution in [2.75, 3.05) is 6.54 Å². The molecular formula is C20H20N8S. The second-order valence-electron chi connectivity index (χ2n) is 6.92. The number of nitrogens with one attached hydrogen (secondary N) is 1. The van der Waals surface area contributed by atoms with Gasteiger partial charge in [0.25, 0.3) is 0 Å². The van der Waals surface area contributed by atoms with Crippen molar-refractivity contribution >= 4 is 27.2 Å². The van der Waals surface area contributed by atoms with Gasteiger partial charge in [0, 0.05) is 48.9 Å². The van der Waals surface area contributed by atoms with E-state index in [1.165, 1.54) is 0 Å². The zero-order chi connectivity index (χ0) is 19.8. The van der Waals surface area contributed by atoms with Crippen LogP contribution in [0, 0.1) is 0 Å². The first kappa shape index (κ1) is 17.9. The van der Waals surface area contributed by atoms with E-state index in [-0.39, 0.29) is 0 Å². The summed E-state index contributed by atoms with van der Waals surface area (Å²) >= 11 is 1.57. The SMILES string of the molecule is CCNCc1nn2c(Cc3ccc4ncc(-c5cnn(C)c5)cc4c3)nnc2s1. The molecule has 0 fully saturated rings. The van der Waals surface area contributed by atoms with Crippen LogP contribution in [0.15, 0.2) is 42.9 Å². The highest BCUT2D eigenvalue weighted by molar-refractivity contribution is 7.16. The van der Waals surface area contributed by atoms with Crippen molar-refractivity contribution in [3.8, 4) is 11.1 Å². The Morgan fingerprint density at radius 1 is 1.10 bits per heavy atom. The minimum absolute atomic E-state index is 0.665. The molecule has 0 saturated heterocycles. The molecule has 0 unspecified atom stereocenters. The normalized spacial score (nSPS) is 11.7. The van der Waals surface area contributed by atoms with Gasteiger partial charge in [0.05, 0.1) is 11.7 Å². The number of pyridine rings is 1. The third-order valence-electron chi connectivity index (χ3n) is 4.77. The van der Waals surface area contributed by atoms with E-state index in [1.807, 2.05) is 36.2 Å². The summed E-state index contributed by atoms with van der Waals surface area (Å²) in [7, 11) is 1.91. The molecule has 29 heavy (non-hydrogen) atoms. The van der Waals surface area contributed by atoms with Crippen molar-refractivity contribution in [3.63, 3.8) is 0 Å². The molecule has 0 spiro atoms. The molecule has 0 bridgehead atoms. The number of aromatic nitrogens is 7.